The van der Waals surface area contributed by atoms with Gasteiger partial charge in [0, 0.05) is 24.5 Å². The van der Waals surface area contributed by atoms with Gasteiger partial charge in [0.2, 0.25) is 5.91 Å². The predicted molar refractivity (Wildman–Crippen MR) is 91.0 cm³/mol. The summed E-state index contributed by atoms with van der Waals surface area (Å²) in [6, 6.07) is 4.25. The van der Waals surface area contributed by atoms with Crippen molar-refractivity contribution in [2.24, 2.45) is 11.1 Å². The Bertz CT molecular complexity index is 985. The molecule has 7 nitrogen and oxygen atoms in total. The molecule has 0 radical (unpaired) electrons. The molecule has 2 N–H and O–H groups in total. The van der Waals surface area contributed by atoms with Crippen LogP contribution >= 0.6 is 0 Å². The van der Waals surface area contributed by atoms with E-state index in [2.05, 4.69) is 38.0 Å². The fourth-order valence-electron chi connectivity index (χ4n) is 3.58. The number of carbonyl (C=O) groups is 1. The minimum Gasteiger partial charge on any atom is -0.369 e. The molecule has 2 saturated carbocycles. The molecule has 2 aliphatic rings. The fraction of sp³-hybridized carbons (Fsp3) is 0.444. The second-order valence-electron chi connectivity index (χ2n) is 7.61. The van der Waals surface area contributed by atoms with Crippen molar-refractivity contribution < 1.29 is 4.79 Å². The molecule has 3 aromatic rings. The van der Waals surface area contributed by atoms with Crippen LogP contribution in [-0.4, -0.2) is 30.3 Å². The highest BCUT2D eigenvalue weighted by molar-refractivity contribution is 5.85. The zero-order valence-corrected chi connectivity index (χ0v) is 14.1. The summed E-state index contributed by atoms with van der Waals surface area (Å²) in [6.07, 6.45) is 9.46. The van der Waals surface area contributed by atoms with E-state index in [1.54, 1.807) is 4.68 Å². The molecule has 5 rings (SSSR count). The molecule has 2 unspecified atom stereocenters. The molecule has 0 aromatic carbocycles. The van der Waals surface area contributed by atoms with E-state index in [1.165, 1.54) is 18.4 Å². The Balaban J connectivity index is 1.35. The molecule has 25 heavy (non-hydrogen) atoms. The molecule has 2 fully saturated rings. The number of nitrogens with two attached hydrogens (primary N) is 1. The molecule has 0 bridgehead atoms. The maximum absolute atomic E-state index is 11.5. The van der Waals surface area contributed by atoms with E-state index in [0.717, 1.165) is 29.4 Å². The summed E-state index contributed by atoms with van der Waals surface area (Å²) in [5.41, 5.74) is 9.11. The number of aromatic nitrogens is 5. The minimum absolute atomic E-state index is 0.0842. The van der Waals surface area contributed by atoms with Gasteiger partial charge in [-0.1, -0.05) is 18.2 Å². The van der Waals surface area contributed by atoms with Crippen LogP contribution in [0.3, 0.4) is 0 Å². The van der Waals surface area contributed by atoms with Crippen molar-refractivity contribution in [3.05, 3.63) is 47.7 Å². The summed E-state index contributed by atoms with van der Waals surface area (Å²) in [5, 5.41) is 8.41. The van der Waals surface area contributed by atoms with Gasteiger partial charge in [-0.15, -0.1) is 5.10 Å². The molecule has 2 aliphatic carbocycles. The van der Waals surface area contributed by atoms with Gasteiger partial charge in [-0.3, -0.25) is 4.79 Å². The first kappa shape index (κ1) is 14.6. The topological polar surface area (TPSA) is 91.1 Å². The van der Waals surface area contributed by atoms with Crippen molar-refractivity contribution in [2.75, 3.05) is 0 Å². The van der Waals surface area contributed by atoms with Crippen molar-refractivity contribution in [1.29, 1.82) is 0 Å². The van der Waals surface area contributed by atoms with Crippen LogP contribution in [0.5, 0.6) is 0 Å². The summed E-state index contributed by atoms with van der Waals surface area (Å²) in [5.74, 6) is 0.547. The number of nitrogens with zero attached hydrogens (tertiary/aromatic N) is 5. The average Bonchev–Trinajstić information content (AvgIpc) is 3.46. The highest BCUT2D eigenvalue weighted by Gasteiger charge is 2.57. The number of imidazole rings is 1. The molecular weight excluding hydrogens is 316 g/mol. The SMILES string of the molecule is CC1(C(N)=O)CC1c1cn(Cc2cn3cc(C4CC4)ccc3n2)nn1. The lowest BCUT2D eigenvalue weighted by Crippen LogP contribution is -2.23. The van der Waals surface area contributed by atoms with Crippen molar-refractivity contribution in [3.8, 4) is 0 Å². The van der Waals surface area contributed by atoms with Crippen LogP contribution in [-0.2, 0) is 11.3 Å². The molecule has 128 valence electrons. The Morgan fingerprint density at radius 1 is 1.32 bits per heavy atom. The van der Waals surface area contributed by atoms with E-state index in [9.17, 15) is 4.79 Å². The van der Waals surface area contributed by atoms with Gasteiger partial charge >= 0.3 is 0 Å². The number of rotatable bonds is 5. The van der Waals surface area contributed by atoms with E-state index < -0.39 is 5.41 Å². The first-order chi connectivity index (χ1) is 12.0. The third-order valence-electron chi connectivity index (χ3n) is 5.61. The summed E-state index contributed by atoms with van der Waals surface area (Å²) in [6.45, 7) is 2.45. The summed E-state index contributed by atoms with van der Waals surface area (Å²) in [4.78, 5) is 16.2. The Morgan fingerprint density at radius 2 is 2.16 bits per heavy atom. The van der Waals surface area contributed by atoms with Gasteiger partial charge in [-0.2, -0.15) is 0 Å². The Hall–Kier alpha value is -2.70. The van der Waals surface area contributed by atoms with Gasteiger partial charge in [-0.05, 0) is 36.8 Å². The van der Waals surface area contributed by atoms with Crippen LogP contribution in [0.15, 0.2) is 30.7 Å². The van der Waals surface area contributed by atoms with Crippen LogP contribution in [0, 0.1) is 5.41 Å². The molecule has 1 amide bonds. The smallest absolute Gasteiger partial charge is 0.224 e. The molecule has 0 spiro atoms. The molecule has 0 aliphatic heterocycles. The maximum atomic E-state index is 11.5. The monoisotopic (exact) mass is 336 g/mol. The van der Waals surface area contributed by atoms with Crippen molar-refractivity contribution in [3.63, 3.8) is 0 Å². The average molecular weight is 336 g/mol. The lowest BCUT2D eigenvalue weighted by Gasteiger charge is -2.02. The number of hydrogen-bond acceptors (Lipinski definition) is 4. The maximum Gasteiger partial charge on any atom is 0.224 e. The number of carbonyl (C=O) groups excluding carboxylic acids is 1. The zero-order valence-electron chi connectivity index (χ0n) is 14.1. The first-order valence-corrected chi connectivity index (χ1v) is 8.70. The van der Waals surface area contributed by atoms with Crippen LogP contribution in [0.4, 0.5) is 0 Å². The van der Waals surface area contributed by atoms with Gasteiger partial charge in [0.15, 0.2) is 0 Å². The van der Waals surface area contributed by atoms with E-state index >= 15 is 0 Å². The van der Waals surface area contributed by atoms with Crippen LogP contribution in [0.25, 0.3) is 5.65 Å². The highest BCUT2D eigenvalue weighted by Crippen LogP contribution is 2.58. The number of primary amides is 1. The van der Waals surface area contributed by atoms with Crippen molar-refractivity contribution in [1.82, 2.24) is 24.4 Å². The van der Waals surface area contributed by atoms with Crippen LogP contribution in [0.2, 0.25) is 0 Å². The Kier molecular flexibility index (Phi) is 2.87. The number of fused-ring (bicyclic) bond motifs is 1. The first-order valence-electron chi connectivity index (χ1n) is 8.70. The van der Waals surface area contributed by atoms with Crippen LogP contribution in [0.1, 0.15) is 55.0 Å². The van der Waals surface area contributed by atoms with Gasteiger partial charge in [0.1, 0.15) is 5.65 Å². The van der Waals surface area contributed by atoms with Gasteiger partial charge in [-0.25, -0.2) is 9.67 Å². The molecule has 0 saturated heterocycles. The van der Waals surface area contributed by atoms with Gasteiger partial charge in [0.25, 0.3) is 0 Å². The number of amides is 1. The van der Waals surface area contributed by atoms with Gasteiger partial charge in [0.05, 0.1) is 23.3 Å². The number of hydrogen-bond donors (Lipinski definition) is 1. The van der Waals surface area contributed by atoms with E-state index in [0.29, 0.717) is 6.54 Å². The third-order valence-corrected chi connectivity index (χ3v) is 5.61. The molecule has 3 heterocycles. The van der Waals surface area contributed by atoms with Crippen molar-refractivity contribution >= 4 is 11.6 Å². The molecule has 7 heteroatoms. The third kappa shape index (κ3) is 2.42. The highest BCUT2D eigenvalue weighted by atomic mass is 16.1. The van der Waals surface area contributed by atoms with E-state index in [-0.39, 0.29) is 11.8 Å². The second-order valence-corrected chi connectivity index (χ2v) is 7.61. The summed E-state index contributed by atoms with van der Waals surface area (Å²) >= 11 is 0. The van der Waals surface area contributed by atoms with Crippen LogP contribution < -0.4 is 5.73 Å². The second kappa shape index (κ2) is 4.91. The Labute approximate surface area is 144 Å². The molecule has 2 atom stereocenters. The summed E-state index contributed by atoms with van der Waals surface area (Å²) < 4.78 is 3.87. The van der Waals surface area contributed by atoms with Crippen molar-refractivity contribution in [2.45, 2.75) is 44.6 Å². The van der Waals surface area contributed by atoms with E-state index in [4.69, 9.17) is 5.73 Å². The zero-order chi connectivity index (χ0) is 17.2. The minimum atomic E-state index is -0.469. The Morgan fingerprint density at radius 3 is 2.88 bits per heavy atom. The molecule has 3 aromatic heterocycles. The molecular formula is C18H20N6O. The predicted octanol–water partition coefficient (Wildman–Crippen LogP) is 1.83. The quantitative estimate of drug-likeness (QED) is 0.769. The van der Waals surface area contributed by atoms with E-state index in [1.807, 2.05) is 19.3 Å². The largest absolute Gasteiger partial charge is 0.369 e. The number of pyridine rings is 1. The fourth-order valence-corrected chi connectivity index (χ4v) is 3.58. The van der Waals surface area contributed by atoms with Gasteiger partial charge < -0.3 is 10.1 Å². The standard InChI is InChI=1S/C18H20N6O/c1-18(17(19)25)6-14(18)15-10-24(22-21-15)9-13-8-23-7-12(11-2-3-11)4-5-16(23)20-13/h4-5,7-8,10-11,14H,2-3,6,9H2,1H3,(H2,19,25). The lowest BCUT2D eigenvalue weighted by atomic mass is 10.1. The summed E-state index contributed by atoms with van der Waals surface area (Å²) in [7, 11) is 0. The lowest BCUT2D eigenvalue weighted by molar-refractivity contribution is -0.122. The normalized spacial score (nSPS) is 25.4.